The Hall–Kier alpha value is -2.17. The fourth-order valence-corrected chi connectivity index (χ4v) is 1.70. The first kappa shape index (κ1) is 12.3. The molecule has 1 aromatic carbocycles. The van der Waals surface area contributed by atoms with E-state index in [4.69, 9.17) is 4.74 Å². The van der Waals surface area contributed by atoms with Crippen molar-refractivity contribution in [2.45, 2.75) is 13.8 Å². The van der Waals surface area contributed by atoms with E-state index in [0.29, 0.717) is 28.1 Å². The molecule has 2 aromatic rings. The number of benzene rings is 1. The Bertz CT molecular complexity index is 650. The van der Waals surface area contributed by atoms with Gasteiger partial charge in [-0.15, -0.1) is 0 Å². The van der Waals surface area contributed by atoms with Crippen LogP contribution in [0.4, 0.5) is 4.39 Å². The van der Waals surface area contributed by atoms with Crippen molar-refractivity contribution in [3.63, 3.8) is 0 Å². The fourth-order valence-electron chi connectivity index (χ4n) is 1.70. The van der Waals surface area contributed by atoms with E-state index in [1.165, 1.54) is 13.2 Å². The predicted molar refractivity (Wildman–Crippen MR) is 66.3 cm³/mol. The van der Waals surface area contributed by atoms with Crippen molar-refractivity contribution in [3.05, 3.63) is 45.5 Å². The molecule has 1 N–H and O–H groups in total. The van der Waals surface area contributed by atoms with Gasteiger partial charge in [-0.3, -0.25) is 4.79 Å². The summed E-state index contributed by atoms with van der Waals surface area (Å²) in [5, 5.41) is 6.27. The normalized spacial score (nSPS) is 10.4. The predicted octanol–water partition coefficient (Wildman–Crippen LogP) is 2.20. The molecular formula is C13H13FN2O2. The third kappa shape index (κ3) is 1.99. The van der Waals surface area contributed by atoms with Crippen LogP contribution in [-0.4, -0.2) is 17.3 Å². The second kappa shape index (κ2) is 4.60. The Labute approximate surface area is 103 Å². The summed E-state index contributed by atoms with van der Waals surface area (Å²) in [5.74, 6) is 0.00597. The molecule has 0 bridgehead atoms. The number of nitrogens with one attached hydrogen (secondary N) is 1. The zero-order valence-corrected chi connectivity index (χ0v) is 10.4. The highest BCUT2D eigenvalue weighted by Crippen LogP contribution is 2.26. The van der Waals surface area contributed by atoms with Crippen LogP contribution in [0.3, 0.4) is 0 Å². The fraction of sp³-hybridized carbons (Fsp3) is 0.231. The van der Waals surface area contributed by atoms with Crippen LogP contribution in [0.1, 0.15) is 11.1 Å². The molecule has 0 saturated carbocycles. The minimum atomic E-state index is -0.434. The van der Waals surface area contributed by atoms with Crippen LogP contribution in [0.2, 0.25) is 0 Å². The molecule has 0 unspecified atom stereocenters. The van der Waals surface area contributed by atoms with Crippen LogP contribution >= 0.6 is 0 Å². The van der Waals surface area contributed by atoms with E-state index in [-0.39, 0.29) is 5.56 Å². The van der Waals surface area contributed by atoms with Gasteiger partial charge < -0.3 is 4.74 Å². The topological polar surface area (TPSA) is 55.0 Å². The monoisotopic (exact) mass is 248 g/mol. The first-order valence-electron chi connectivity index (χ1n) is 5.44. The first-order valence-corrected chi connectivity index (χ1v) is 5.44. The number of ether oxygens (including phenoxy) is 1. The van der Waals surface area contributed by atoms with Gasteiger partial charge in [-0.1, -0.05) is 0 Å². The summed E-state index contributed by atoms with van der Waals surface area (Å²) in [5.41, 5.74) is 1.73. The smallest absolute Gasteiger partial charge is 0.267 e. The van der Waals surface area contributed by atoms with Crippen molar-refractivity contribution in [2.75, 3.05) is 7.11 Å². The van der Waals surface area contributed by atoms with E-state index in [1.807, 2.05) is 0 Å². The van der Waals surface area contributed by atoms with Crippen LogP contribution in [0, 0.1) is 19.7 Å². The summed E-state index contributed by atoms with van der Waals surface area (Å²) in [6, 6.07) is 4.53. The lowest BCUT2D eigenvalue weighted by molar-refractivity contribution is 0.411. The summed E-state index contributed by atoms with van der Waals surface area (Å²) in [4.78, 5) is 11.4. The van der Waals surface area contributed by atoms with Crippen molar-refractivity contribution in [1.29, 1.82) is 0 Å². The van der Waals surface area contributed by atoms with Crippen LogP contribution < -0.4 is 10.3 Å². The highest BCUT2D eigenvalue weighted by Gasteiger charge is 2.13. The summed E-state index contributed by atoms with van der Waals surface area (Å²) >= 11 is 0. The first-order chi connectivity index (χ1) is 8.54. The Morgan fingerprint density at radius 1 is 1.28 bits per heavy atom. The van der Waals surface area contributed by atoms with Gasteiger partial charge in [0.25, 0.3) is 5.56 Å². The maximum atomic E-state index is 13.9. The van der Waals surface area contributed by atoms with Gasteiger partial charge in [-0.25, -0.2) is 9.49 Å². The third-order valence-electron chi connectivity index (χ3n) is 2.96. The number of hydrogen-bond acceptors (Lipinski definition) is 3. The highest BCUT2D eigenvalue weighted by molar-refractivity contribution is 5.64. The summed E-state index contributed by atoms with van der Waals surface area (Å²) in [6.07, 6.45) is 0. The van der Waals surface area contributed by atoms with Gasteiger partial charge in [0.2, 0.25) is 0 Å². The van der Waals surface area contributed by atoms with Crippen LogP contribution in [-0.2, 0) is 0 Å². The lowest BCUT2D eigenvalue weighted by Gasteiger charge is -2.08. The third-order valence-corrected chi connectivity index (χ3v) is 2.96. The molecule has 0 aliphatic carbocycles. The van der Waals surface area contributed by atoms with Gasteiger partial charge in [0.15, 0.2) is 0 Å². The van der Waals surface area contributed by atoms with Crippen molar-refractivity contribution >= 4 is 0 Å². The molecule has 0 aliphatic rings. The molecule has 0 radical (unpaired) electrons. The molecule has 5 heteroatoms. The van der Waals surface area contributed by atoms with Crippen molar-refractivity contribution in [1.82, 2.24) is 10.2 Å². The minimum Gasteiger partial charge on any atom is -0.497 e. The number of aromatic nitrogens is 2. The minimum absolute atomic E-state index is 0.259. The largest absolute Gasteiger partial charge is 0.497 e. The van der Waals surface area contributed by atoms with E-state index in [9.17, 15) is 9.18 Å². The average Bonchev–Trinajstić information content (AvgIpc) is 2.37. The van der Waals surface area contributed by atoms with Crippen LogP contribution in [0.15, 0.2) is 23.0 Å². The average molecular weight is 248 g/mol. The van der Waals surface area contributed by atoms with E-state index < -0.39 is 5.82 Å². The van der Waals surface area contributed by atoms with Crippen molar-refractivity contribution < 1.29 is 9.13 Å². The number of halogens is 1. The van der Waals surface area contributed by atoms with Crippen molar-refractivity contribution in [3.8, 4) is 17.0 Å². The van der Waals surface area contributed by atoms with Crippen LogP contribution in [0.25, 0.3) is 11.3 Å². The number of methoxy groups -OCH3 is 1. The van der Waals surface area contributed by atoms with Gasteiger partial charge in [0.1, 0.15) is 11.6 Å². The molecule has 4 nitrogen and oxygen atoms in total. The van der Waals surface area contributed by atoms with E-state index in [0.717, 1.165) is 0 Å². The Morgan fingerprint density at radius 3 is 2.61 bits per heavy atom. The van der Waals surface area contributed by atoms with Gasteiger partial charge in [0.05, 0.1) is 12.8 Å². The number of hydrogen-bond donors (Lipinski definition) is 1. The molecule has 0 spiro atoms. The quantitative estimate of drug-likeness (QED) is 0.886. The summed E-state index contributed by atoms with van der Waals surface area (Å²) in [7, 11) is 1.47. The number of H-pyrrole nitrogens is 1. The molecule has 1 aromatic heterocycles. The summed E-state index contributed by atoms with van der Waals surface area (Å²) in [6.45, 7) is 3.43. The molecular weight excluding hydrogens is 235 g/mol. The molecule has 2 rings (SSSR count). The van der Waals surface area contributed by atoms with Gasteiger partial charge in [0, 0.05) is 17.2 Å². The molecule has 0 fully saturated rings. The highest BCUT2D eigenvalue weighted by atomic mass is 19.1. The van der Waals surface area contributed by atoms with Gasteiger partial charge in [-0.05, 0) is 31.5 Å². The van der Waals surface area contributed by atoms with Crippen LogP contribution in [0.5, 0.6) is 5.75 Å². The number of rotatable bonds is 2. The summed E-state index contributed by atoms with van der Waals surface area (Å²) < 4.78 is 18.9. The molecule has 0 amide bonds. The zero-order chi connectivity index (χ0) is 13.3. The molecule has 0 aliphatic heterocycles. The molecule has 0 saturated heterocycles. The number of nitrogens with zero attached hydrogens (tertiary/aromatic N) is 1. The van der Waals surface area contributed by atoms with E-state index in [2.05, 4.69) is 10.2 Å². The maximum absolute atomic E-state index is 13.9. The van der Waals surface area contributed by atoms with E-state index in [1.54, 1.807) is 26.0 Å². The molecule has 94 valence electrons. The van der Waals surface area contributed by atoms with E-state index >= 15 is 0 Å². The second-order valence-corrected chi connectivity index (χ2v) is 4.00. The molecule has 1 heterocycles. The molecule has 0 atom stereocenters. The lowest BCUT2D eigenvalue weighted by atomic mass is 10.0. The molecule has 18 heavy (non-hydrogen) atoms. The standard InChI is InChI=1S/C13H13FN2O2/c1-7-8(2)13(17)16-15-12(7)10-5-4-9(18-3)6-11(10)14/h4-6H,1-3H3,(H,16,17). The number of aromatic amines is 1. The second-order valence-electron chi connectivity index (χ2n) is 4.00. The maximum Gasteiger partial charge on any atom is 0.267 e. The SMILES string of the molecule is COc1ccc(-c2n[nH]c(=O)c(C)c2C)c(F)c1. The van der Waals surface area contributed by atoms with Crippen molar-refractivity contribution in [2.24, 2.45) is 0 Å². The lowest BCUT2D eigenvalue weighted by Crippen LogP contribution is -2.14. The zero-order valence-electron chi connectivity index (χ0n) is 10.4. The van der Waals surface area contributed by atoms with Gasteiger partial charge >= 0.3 is 0 Å². The van der Waals surface area contributed by atoms with Gasteiger partial charge in [-0.2, -0.15) is 5.10 Å². The Morgan fingerprint density at radius 2 is 2.00 bits per heavy atom. The Kier molecular flexibility index (Phi) is 3.14. The Balaban J connectivity index is 2.63.